The molecule has 0 aromatic heterocycles. The SMILES string of the molecule is CCCCOC(=O)c1ccc(NC(=O)N(CCc2ccc(Cl)cc2)Cc2ccc(C(=O)NCCC(=O)O)cc2)cc1. The van der Waals surface area contributed by atoms with Crippen LogP contribution in [0, 0.1) is 0 Å². The first-order chi connectivity index (χ1) is 19.7. The van der Waals surface area contributed by atoms with Gasteiger partial charge in [-0.05, 0) is 72.5 Å². The van der Waals surface area contributed by atoms with Crippen LogP contribution in [0.15, 0.2) is 72.8 Å². The number of anilines is 1. The molecule has 0 aliphatic rings. The Morgan fingerprint density at radius 1 is 0.878 bits per heavy atom. The van der Waals surface area contributed by atoms with E-state index in [0.29, 0.717) is 41.4 Å². The number of hydrogen-bond acceptors (Lipinski definition) is 5. The molecule has 3 N–H and O–H groups in total. The minimum atomic E-state index is -0.988. The number of rotatable bonds is 14. The zero-order valence-electron chi connectivity index (χ0n) is 22.9. The van der Waals surface area contributed by atoms with E-state index in [1.807, 2.05) is 19.1 Å². The smallest absolute Gasteiger partial charge is 0.338 e. The van der Waals surface area contributed by atoms with Gasteiger partial charge >= 0.3 is 18.0 Å². The number of carbonyl (C=O) groups excluding carboxylic acids is 3. The van der Waals surface area contributed by atoms with Crippen LogP contribution < -0.4 is 10.6 Å². The molecule has 3 amide bonds. The van der Waals surface area contributed by atoms with Gasteiger partial charge in [0.15, 0.2) is 0 Å². The lowest BCUT2D eigenvalue weighted by Gasteiger charge is -2.24. The number of benzene rings is 3. The van der Waals surface area contributed by atoms with Crippen LogP contribution >= 0.6 is 11.6 Å². The molecule has 0 unspecified atom stereocenters. The highest BCUT2D eigenvalue weighted by Gasteiger charge is 2.16. The Morgan fingerprint density at radius 2 is 1.51 bits per heavy atom. The molecule has 0 spiro atoms. The first kappa shape index (κ1) is 31.2. The third kappa shape index (κ3) is 10.6. The molecule has 0 heterocycles. The fourth-order valence-electron chi connectivity index (χ4n) is 3.82. The lowest BCUT2D eigenvalue weighted by atomic mass is 10.1. The van der Waals surface area contributed by atoms with Crippen molar-refractivity contribution in [1.29, 1.82) is 0 Å². The van der Waals surface area contributed by atoms with Gasteiger partial charge in [0.25, 0.3) is 5.91 Å². The number of carboxylic acid groups (broad SMARTS) is 1. The summed E-state index contributed by atoms with van der Waals surface area (Å²) in [6.07, 6.45) is 2.17. The Labute approximate surface area is 244 Å². The number of urea groups is 1. The van der Waals surface area contributed by atoms with Gasteiger partial charge < -0.3 is 25.4 Å². The summed E-state index contributed by atoms with van der Waals surface area (Å²) >= 11 is 6.00. The predicted octanol–water partition coefficient (Wildman–Crippen LogP) is 5.78. The zero-order chi connectivity index (χ0) is 29.6. The summed E-state index contributed by atoms with van der Waals surface area (Å²) in [5.74, 6) is -1.76. The molecule has 0 aliphatic carbocycles. The Balaban J connectivity index is 1.67. The van der Waals surface area contributed by atoms with E-state index in [1.54, 1.807) is 65.6 Å². The van der Waals surface area contributed by atoms with Crippen molar-refractivity contribution in [2.75, 3.05) is 25.0 Å². The molecule has 9 nitrogen and oxygen atoms in total. The van der Waals surface area contributed by atoms with Crippen molar-refractivity contribution in [2.45, 2.75) is 39.2 Å². The molecular formula is C31H34ClN3O6. The van der Waals surface area contributed by atoms with Crippen molar-refractivity contribution in [2.24, 2.45) is 0 Å². The summed E-state index contributed by atoms with van der Waals surface area (Å²) in [6, 6.07) is 20.4. The normalized spacial score (nSPS) is 10.5. The maximum absolute atomic E-state index is 13.3. The second-order valence-electron chi connectivity index (χ2n) is 9.39. The number of amides is 3. The van der Waals surface area contributed by atoms with Gasteiger partial charge in [0.2, 0.25) is 0 Å². The third-order valence-corrected chi connectivity index (χ3v) is 6.44. The topological polar surface area (TPSA) is 125 Å². The Kier molecular flexibility index (Phi) is 12.2. The first-order valence-corrected chi connectivity index (χ1v) is 13.8. The molecule has 3 rings (SSSR count). The van der Waals surface area contributed by atoms with Crippen LogP contribution in [0.5, 0.6) is 0 Å². The minimum absolute atomic E-state index is 0.0373. The van der Waals surface area contributed by atoms with Crippen LogP contribution in [0.1, 0.15) is 58.0 Å². The van der Waals surface area contributed by atoms with Crippen LogP contribution in [0.3, 0.4) is 0 Å². The number of carboxylic acids is 1. The fraction of sp³-hybridized carbons (Fsp3) is 0.290. The van der Waals surface area contributed by atoms with Crippen LogP contribution in [-0.2, 0) is 22.5 Å². The van der Waals surface area contributed by atoms with E-state index in [9.17, 15) is 19.2 Å². The van der Waals surface area contributed by atoms with Crippen molar-refractivity contribution in [3.8, 4) is 0 Å². The highest BCUT2D eigenvalue weighted by atomic mass is 35.5. The largest absolute Gasteiger partial charge is 0.481 e. The van der Waals surface area contributed by atoms with Crippen molar-refractivity contribution >= 4 is 41.2 Å². The number of halogens is 1. The summed E-state index contributed by atoms with van der Waals surface area (Å²) in [5.41, 5.74) is 3.16. The fourth-order valence-corrected chi connectivity index (χ4v) is 3.95. The predicted molar refractivity (Wildman–Crippen MR) is 157 cm³/mol. The molecule has 3 aromatic carbocycles. The van der Waals surface area contributed by atoms with Gasteiger partial charge in [0, 0.05) is 35.9 Å². The van der Waals surface area contributed by atoms with Crippen LogP contribution in [0.4, 0.5) is 10.5 Å². The van der Waals surface area contributed by atoms with E-state index >= 15 is 0 Å². The van der Waals surface area contributed by atoms with Crippen molar-refractivity contribution in [3.63, 3.8) is 0 Å². The summed E-state index contributed by atoms with van der Waals surface area (Å²) in [4.78, 5) is 50.1. The molecule has 3 aromatic rings. The molecule has 0 aliphatic heterocycles. The molecule has 216 valence electrons. The van der Waals surface area contributed by atoms with Crippen molar-refractivity contribution < 1.29 is 29.0 Å². The van der Waals surface area contributed by atoms with E-state index in [0.717, 1.165) is 24.0 Å². The van der Waals surface area contributed by atoms with Gasteiger partial charge in [-0.1, -0.05) is 49.2 Å². The Hall–Kier alpha value is -4.37. The maximum Gasteiger partial charge on any atom is 0.338 e. The number of hydrogen-bond donors (Lipinski definition) is 3. The number of esters is 1. The summed E-state index contributed by atoms with van der Waals surface area (Å²) in [6.45, 7) is 3.11. The lowest BCUT2D eigenvalue weighted by molar-refractivity contribution is -0.136. The highest BCUT2D eigenvalue weighted by molar-refractivity contribution is 6.30. The average molecular weight is 580 g/mol. The van der Waals surface area contributed by atoms with Gasteiger partial charge in [0.1, 0.15) is 0 Å². The molecule has 0 bridgehead atoms. The highest BCUT2D eigenvalue weighted by Crippen LogP contribution is 2.16. The second kappa shape index (κ2) is 16.0. The maximum atomic E-state index is 13.3. The monoisotopic (exact) mass is 579 g/mol. The molecule has 0 saturated heterocycles. The number of carbonyl (C=O) groups is 4. The number of nitrogens with one attached hydrogen (secondary N) is 2. The van der Waals surface area contributed by atoms with Gasteiger partial charge in [-0.3, -0.25) is 9.59 Å². The Bertz CT molecular complexity index is 1310. The van der Waals surface area contributed by atoms with Crippen LogP contribution in [0.25, 0.3) is 0 Å². The van der Waals surface area contributed by atoms with Crippen LogP contribution in [0.2, 0.25) is 5.02 Å². The second-order valence-corrected chi connectivity index (χ2v) is 9.83. The Morgan fingerprint density at radius 3 is 2.15 bits per heavy atom. The van der Waals surface area contributed by atoms with Crippen molar-refractivity contribution in [3.05, 3.63) is 100 Å². The molecule has 0 radical (unpaired) electrons. The van der Waals surface area contributed by atoms with Gasteiger partial charge in [-0.25, -0.2) is 9.59 Å². The quantitative estimate of drug-likeness (QED) is 0.164. The van der Waals surface area contributed by atoms with E-state index in [2.05, 4.69) is 10.6 Å². The third-order valence-electron chi connectivity index (χ3n) is 6.19. The number of ether oxygens (including phenoxy) is 1. The first-order valence-electron chi connectivity index (χ1n) is 13.4. The van der Waals surface area contributed by atoms with Gasteiger partial charge in [-0.2, -0.15) is 0 Å². The van der Waals surface area contributed by atoms with Crippen molar-refractivity contribution in [1.82, 2.24) is 10.2 Å². The van der Waals surface area contributed by atoms with E-state index in [-0.39, 0.29) is 31.4 Å². The van der Waals surface area contributed by atoms with Gasteiger partial charge in [-0.15, -0.1) is 0 Å². The average Bonchev–Trinajstić information content (AvgIpc) is 2.96. The molecule has 0 fully saturated rings. The van der Waals surface area contributed by atoms with Crippen LogP contribution in [-0.4, -0.2) is 53.6 Å². The zero-order valence-corrected chi connectivity index (χ0v) is 23.7. The number of aliphatic carboxylic acids is 1. The molecule has 0 atom stereocenters. The minimum Gasteiger partial charge on any atom is -0.481 e. The van der Waals surface area contributed by atoms with Gasteiger partial charge in [0.05, 0.1) is 18.6 Å². The molecule has 0 saturated carbocycles. The standard InChI is InChI=1S/C31H34ClN3O6/c1-2-3-20-41-30(39)25-10-14-27(15-11-25)34-31(40)35(19-17-22-6-12-26(32)13-7-22)21-23-4-8-24(9-5-23)29(38)33-18-16-28(36)37/h4-15H,2-3,16-21H2,1H3,(H,33,38)(H,34,40)(H,36,37). The summed E-state index contributed by atoms with van der Waals surface area (Å²) in [7, 11) is 0. The number of unbranched alkanes of at least 4 members (excludes halogenated alkanes) is 1. The van der Waals surface area contributed by atoms with E-state index < -0.39 is 11.9 Å². The molecule has 10 heteroatoms. The molecule has 41 heavy (non-hydrogen) atoms. The molecular weight excluding hydrogens is 546 g/mol. The summed E-state index contributed by atoms with van der Waals surface area (Å²) in [5, 5.41) is 14.8. The lowest BCUT2D eigenvalue weighted by Crippen LogP contribution is -2.36. The van der Waals surface area contributed by atoms with E-state index in [1.165, 1.54) is 0 Å². The van der Waals surface area contributed by atoms with E-state index in [4.69, 9.17) is 21.4 Å². The number of nitrogens with zero attached hydrogens (tertiary/aromatic N) is 1. The summed E-state index contributed by atoms with van der Waals surface area (Å²) < 4.78 is 5.24.